The maximum absolute atomic E-state index is 11.2. The molecular weight excluding hydrogens is 194 g/mol. The van der Waals surface area contributed by atoms with E-state index in [0.29, 0.717) is 11.3 Å². The van der Waals surface area contributed by atoms with Gasteiger partial charge in [-0.05, 0) is 31.2 Å². The first-order valence-electron chi connectivity index (χ1n) is 4.59. The van der Waals surface area contributed by atoms with Crippen molar-refractivity contribution in [3.63, 3.8) is 0 Å². The summed E-state index contributed by atoms with van der Waals surface area (Å²) >= 11 is 0. The van der Waals surface area contributed by atoms with Crippen molar-refractivity contribution in [3.8, 4) is 5.75 Å². The minimum atomic E-state index is -0.609. The number of benzene rings is 1. The zero-order valence-electron chi connectivity index (χ0n) is 8.74. The van der Waals surface area contributed by atoms with Crippen LogP contribution in [-0.2, 0) is 9.53 Å². The largest absolute Gasteiger partial charge is 0.497 e. The van der Waals surface area contributed by atoms with Gasteiger partial charge < -0.3 is 9.47 Å². The van der Waals surface area contributed by atoms with Crippen LogP contribution < -0.4 is 4.74 Å². The molecule has 0 aliphatic carbocycles. The second kappa shape index (κ2) is 5.14. The van der Waals surface area contributed by atoms with Crippen LogP contribution in [0, 0.1) is 5.41 Å². The van der Waals surface area contributed by atoms with Gasteiger partial charge in [-0.15, -0.1) is 0 Å². The lowest BCUT2D eigenvalue weighted by molar-refractivity contribution is -0.135. The monoisotopic (exact) mass is 207 g/mol. The average molecular weight is 207 g/mol. The van der Waals surface area contributed by atoms with Crippen molar-refractivity contribution < 1.29 is 14.3 Å². The second-order valence-corrected chi connectivity index (χ2v) is 2.82. The van der Waals surface area contributed by atoms with Gasteiger partial charge in [0, 0.05) is 5.56 Å². The molecule has 0 amide bonds. The highest BCUT2D eigenvalue weighted by molar-refractivity contribution is 6.41. The summed E-state index contributed by atoms with van der Waals surface area (Å²) in [6, 6.07) is 6.70. The molecule has 1 rings (SSSR count). The fraction of sp³-hybridized carbons (Fsp3) is 0.273. The van der Waals surface area contributed by atoms with Crippen LogP contribution in [0.5, 0.6) is 5.75 Å². The molecule has 0 bridgehead atoms. The Balaban J connectivity index is 2.78. The van der Waals surface area contributed by atoms with Crippen LogP contribution in [-0.4, -0.2) is 25.4 Å². The van der Waals surface area contributed by atoms with E-state index in [1.165, 1.54) is 0 Å². The van der Waals surface area contributed by atoms with Crippen LogP contribution >= 0.6 is 0 Å². The summed E-state index contributed by atoms with van der Waals surface area (Å²) in [5.41, 5.74) is 0.383. The number of ether oxygens (including phenoxy) is 2. The normalized spacial score (nSPS) is 9.47. The molecule has 1 aromatic carbocycles. The van der Waals surface area contributed by atoms with Crippen molar-refractivity contribution >= 4 is 11.7 Å². The van der Waals surface area contributed by atoms with E-state index in [1.54, 1.807) is 38.3 Å². The van der Waals surface area contributed by atoms with Crippen LogP contribution in [0.1, 0.15) is 12.5 Å². The third-order valence-electron chi connectivity index (χ3n) is 1.86. The van der Waals surface area contributed by atoms with Crippen molar-refractivity contribution in [3.05, 3.63) is 29.8 Å². The summed E-state index contributed by atoms with van der Waals surface area (Å²) in [5.74, 6) is 0.0816. The third kappa shape index (κ3) is 2.80. The minimum Gasteiger partial charge on any atom is -0.497 e. The topological polar surface area (TPSA) is 59.4 Å². The van der Waals surface area contributed by atoms with Crippen molar-refractivity contribution in [2.24, 2.45) is 0 Å². The molecule has 0 heterocycles. The summed E-state index contributed by atoms with van der Waals surface area (Å²) in [6.07, 6.45) is 0. The molecule has 4 heteroatoms. The number of nitrogens with one attached hydrogen (secondary N) is 1. The zero-order chi connectivity index (χ0) is 11.3. The number of carbonyl (C=O) groups is 1. The first-order valence-corrected chi connectivity index (χ1v) is 4.59. The summed E-state index contributed by atoms with van der Waals surface area (Å²) in [5, 5.41) is 7.55. The van der Waals surface area contributed by atoms with Gasteiger partial charge in [0.2, 0.25) is 0 Å². The highest BCUT2D eigenvalue weighted by atomic mass is 16.5. The number of esters is 1. The molecule has 0 saturated carbocycles. The molecule has 0 atom stereocenters. The predicted octanol–water partition coefficient (Wildman–Crippen LogP) is 1.63. The van der Waals surface area contributed by atoms with Gasteiger partial charge in [-0.1, -0.05) is 0 Å². The molecule has 4 nitrogen and oxygen atoms in total. The van der Waals surface area contributed by atoms with Crippen molar-refractivity contribution in [1.82, 2.24) is 0 Å². The molecule has 80 valence electrons. The number of hydrogen-bond donors (Lipinski definition) is 1. The summed E-state index contributed by atoms with van der Waals surface area (Å²) in [4.78, 5) is 11.2. The van der Waals surface area contributed by atoms with Crippen LogP contribution in [0.2, 0.25) is 0 Å². The Labute approximate surface area is 88.3 Å². The minimum absolute atomic E-state index is 0.139. The SMILES string of the molecule is CCOC(=O)C(=N)c1ccc(OC)cc1. The van der Waals surface area contributed by atoms with E-state index in [4.69, 9.17) is 14.9 Å². The summed E-state index contributed by atoms with van der Waals surface area (Å²) in [7, 11) is 1.56. The van der Waals surface area contributed by atoms with E-state index < -0.39 is 5.97 Å². The number of methoxy groups -OCH3 is 1. The maximum atomic E-state index is 11.2. The highest BCUT2D eigenvalue weighted by Gasteiger charge is 2.12. The fourth-order valence-electron chi connectivity index (χ4n) is 1.08. The second-order valence-electron chi connectivity index (χ2n) is 2.82. The summed E-state index contributed by atoms with van der Waals surface area (Å²) in [6.45, 7) is 1.98. The van der Waals surface area contributed by atoms with Crippen molar-refractivity contribution in [2.45, 2.75) is 6.92 Å². The van der Waals surface area contributed by atoms with E-state index in [-0.39, 0.29) is 12.3 Å². The maximum Gasteiger partial charge on any atom is 0.356 e. The van der Waals surface area contributed by atoms with Gasteiger partial charge >= 0.3 is 5.97 Å². The molecule has 15 heavy (non-hydrogen) atoms. The lowest BCUT2D eigenvalue weighted by atomic mass is 10.1. The zero-order valence-corrected chi connectivity index (χ0v) is 8.74. The van der Waals surface area contributed by atoms with Gasteiger partial charge in [-0.2, -0.15) is 0 Å². The predicted molar refractivity (Wildman–Crippen MR) is 56.5 cm³/mol. The Morgan fingerprint density at radius 3 is 2.40 bits per heavy atom. The van der Waals surface area contributed by atoms with Gasteiger partial charge in [0.05, 0.1) is 13.7 Å². The third-order valence-corrected chi connectivity index (χ3v) is 1.86. The molecule has 0 radical (unpaired) electrons. The van der Waals surface area contributed by atoms with Crippen LogP contribution in [0.25, 0.3) is 0 Å². The molecule has 0 fully saturated rings. The molecule has 0 aromatic heterocycles. The lowest BCUT2D eigenvalue weighted by Gasteiger charge is -2.04. The van der Waals surface area contributed by atoms with Crippen molar-refractivity contribution in [1.29, 1.82) is 5.41 Å². The van der Waals surface area contributed by atoms with E-state index >= 15 is 0 Å². The van der Waals surface area contributed by atoms with E-state index in [0.717, 1.165) is 0 Å². The molecule has 0 aliphatic heterocycles. The van der Waals surface area contributed by atoms with Gasteiger partial charge in [-0.3, -0.25) is 5.41 Å². The van der Waals surface area contributed by atoms with Gasteiger partial charge in [0.1, 0.15) is 11.5 Å². The Hall–Kier alpha value is -1.84. The molecule has 0 unspecified atom stereocenters. The van der Waals surface area contributed by atoms with Crippen molar-refractivity contribution in [2.75, 3.05) is 13.7 Å². The average Bonchev–Trinajstić information content (AvgIpc) is 2.28. The fourth-order valence-corrected chi connectivity index (χ4v) is 1.08. The Morgan fingerprint density at radius 1 is 1.33 bits per heavy atom. The van der Waals surface area contributed by atoms with E-state index in [1.807, 2.05) is 0 Å². The molecule has 1 N–H and O–H groups in total. The lowest BCUT2D eigenvalue weighted by Crippen LogP contribution is -2.17. The Morgan fingerprint density at radius 2 is 1.93 bits per heavy atom. The molecular formula is C11H13NO3. The summed E-state index contributed by atoms with van der Waals surface area (Å²) < 4.78 is 9.69. The molecule has 0 aliphatic rings. The highest BCUT2D eigenvalue weighted by Crippen LogP contribution is 2.11. The first-order chi connectivity index (χ1) is 7.19. The van der Waals surface area contributed by atoms with E-state index in [2.05, 4.69) is 0 Å². The number of hydrogen-bond acceptors (Lipinski definition) is 4. The number of rotatable bonds is 4. The van der Waals surface area contributed by atoms with Crippen LogP contribution in [0.4, 0.5) is 0 Å². The van der Waals surface area contributed by atoms with Gasteiger partial charge in [0.15, 0.2) is 0 Å². The first kappa shape index (κ1) is 11.2. The van der Waals surface area contributed by atoms with E-state index in [9.17, 15) is 4.79 Å². The van der Waals surface area contributed by atoms with Gasteiger partial charge in [0.25, 0.3) is 0 Å². The molecule has 0 saturated heterocycles. The van der Waals surface area contributed by atoms with Crippen LogP contribution in [0.15, 0.2) is 24.3 Å². The molecule has 1 aromatic rings. The Kier molecular flexibility index (Phi) is 3.85. The van der Waals surface area contributed by atoms with Crippen LogP contribution in [0.3, 0.4) is 0 Å². The smallest absolute Gasteiger partial charge is 0.356 e. The van der Waals surface area contributed by atoms with Gasteiger partial charge in [-0.25, -0.2) is 4.79 Å². The molecule has 0 spiro atoms. The quantitative estimate of drug-likeness (QED) is 0.603. The number of carbonyl (C=O) groups excluding carboxylic acids is 1. The Bertz CT molecular complexity index is 357. The standard InChI is InChI=1S/C11H13NO3/c1-3-15-11(13)10(12)8-4-6-9(14-2)7-5-8/h4-7,12H,3H2,1-2H3.